The second-order valence-corrected chi connectivity index (χ2v) is 6.13. The Balaban J connectivity index is 1.69. The van der Waals surface area contributed by atoms with E-state index < -0.39 is 0 Å². The molecule has 2 atom stereocenters. The van der Waals surface area contributed by atoms with Crippen LogP contribution in [0.4, 0.5) is 0 Å². The van der Waals surface area contributed by atoms with Crippen molar-refractivity contribution in [3.63, 3.8) is 0 Å². The zero-order valence-electron chi connectivity index (χ0n) is 13.3. The summed E-state index contributed by atoms with van der Waals surface area (Å²) < 4.78 is 11.1. The molecule has 1 saturated heterocycles. The number of carbonyl (C=O) groups is 1. The Hall–Kier alpha value is -0.650. The molecule has 21 heavy (non-hydrogen) atoms. The number of nitrogens with zero attached hydrogens (tertiary/aromatic N) is 1. The van der Waals surface area contributed by atoms with Crippen molar-refractivity contribution < 1.29 is 14.3 Å². The summed E-state index contributed by atoms with van der Waals surface area (Å²) in [5.74, 6) is 0.902. The summed E-state index contributed by atoms with van der Waals surface area (Å²) in [5, 5.41) is 0. The topological polar surface area (TPSA) is 64.8 Å². The Morgan fingerprint density at radius 2 is 1.95 bits per heavy atom. The van der Waals surface area contributed by atoms with Crippen molar-refractivity contribution in [1.29, 1.82) is 0 Å². The third kappa shape index (κ3) is 4.66. The molecular formula is C16H30N2O3. The quantitative estimate of drug-likeness (QED) is 0.722. The summed E-state index contributed by atoms with van der Waals surface area (Å²) in [6.07, 6.45) is 5.45. The van der Waals surface area contributed by atoms with Crippen LogP contribution in [-0.4, -0.2) is 56.4 Å². The molecule has 5 heteroatoms. The van der Waals surface area contributed by atoms with E-state index in [-0.39, 0.29) is 12.0 Å². The number of likely N-dealkylation sites (tertiary alicyclic amines) is 1. The zero-order chi connectivity index (χ0) is 15.1. The first-order valence-electron chi connectivity index (χ1n) is 8.44. The SMILES string of the molecule is CCOCCOC1CCN(C(=O)C2CCCC2CN)CC1. The van der Waals surface area contributed by atoms with Gasteiger partial charge >= 0.3 is 0 Å². The molecule has 122 valence electrons. The number of rotatable bonds is 7. The van der Waals surface area contributed by atoms with Crippen molar-refractivity contribution in [3.05, 3.63) is 0 Å². The lowest BCUT2D eigenvalue weighted by Crippen LogP contribution is -2.45. The first kappa shape index (κ1) is 16.7. The van der Waals surface area contributed by atoms with Gasteiger partial charge in [0.25, 0.3) is 0 Å². The molecule has 1 aliphatic heterocycles. The molecular weight excluding hydrogens is 268 g/mol. The molecule has 1 amide bonds. The molecule has 0 aromatic heterocycles. The molecule has 2 rings (SSSR count). The van der Waals surface area contributed by atoms with Crippen LogP contribution in [0, 0.1) is 11.8 Å². The highest BCUT2D eigenvalue weighted by Crippen LogP contribution is 2.33. The summed E-state index contributed by atoms with van der Waals surface area (Å²) >= 11 is 0. The van der Waals surface area contributed by atoms with E-state index in [1.54, 1.807) is 0 Å². The average molecular weight is 298 g/mol. The average Bonchev–Trinajstić information content (AvgIpc) is 3.00. The van der Waals surface area contributed by atoms with E-state index in [1.165, 1.54) is 0 Å². The minimum absolute atomic E-state index is 0.172. The number of hydrogen-bond donors (Lipinski definition) is 1. The lowest BCUT2D eigenvalue weighted by atomic mass is 9.93. The Morgan fingerprint density at radius 3 is 2.62 bits per heavy atom. The fourth-order valence-corrected chi connectivity index (χ4v) is 3.54. The molecule has 1 saturated carbocycles. The molecule has 2 fully saturated rings. The van der Waals surface area contributed by atoms with Gasteiger partial charge in [-0.25, -0.2) is 0 Å². The lowest BCUT2D eigenvalue weighted by molar-refractivity contribution is -0.139. The zero-order valence-corrected chi connectivity index (χ0v) is 13.3. The third-order valence-corrected chi connectivity index (χ3v) is 4.82. The van der Waals surface area contributed by atoms with Crippen LogP contribution >= 0.6 is 0 Å². The number of amides is 1. The molecule has 1 aliphatic carbocycles. The van der Waals surface area contributed by atoms with Crippen molar-refractivity contribution >= 4 is 5.91 Å². The Labute approximate surface area is 128 Å². The fourth-order valence-electron chi connectivity index (χ4n) is 3.54. The molecule has 5 nitrogen and oxygen atoms in total. The normalized spacial score (nSPS) is 27.2. The van der Waals surface area contributed by atoms with Gasteiger partial charge in [-0.05, 0) is 45.1 Å². The highest BCUT2D eigenvalue weighted by Gasteiger charge is 2.35. The van der Waals surface area contributed by atoms with E-state index in [9.17, 15) is 4.79 Å². The maximum atomic E-state index is 12.6. The summed E-state index contributed by atoms with van der Waals surface area (Å²) in [6, 6.07) is 0. The highest BCUT2D eigenvalue weighted by atomic mass is 16.5. The van der Waals surface area contributed by atoms with E-state index >= 15 is 0 Å². The molecule has 2 unspecified atom stereocenters. The molecule has 0 aromatic carbocycles. The first-order chi connectivity index (χ1) is 10.3. The number of hydrogen-bond acceptors (Lipinski definition) is 4. The van der Waals surface area contributed by atoms with Gasteiger partial charge in [-0.3, -0.25) is 4.79 Å². The third-order valence-electron chi connectivity index (χ3n) is 4.82. The Kier molecular flexibility index (Phi) is 6.93. The van der Waals surface area contributed by atoms with Gasteiger partial charge in [0.1, 0.15) is 0 Å². The Morgan fingerprint density at radius 1 is 1.19 bits per heavy atom. The van der Waals surface area contributed by atoms with Crippen LogP contribution in [0.15, 0.2) is 0 Å². The predicted molar refractivity (Wildman–Crippen MR) is 81.9 cm³/mol. The van der Waals surface area contributed by atoms with Crippen LogP contribution in [-0.2, 0) is 14.3 Å². The maximum absolute atomic E-state index is 12.6. The van der Waals surface area contributed by atoms with Crippen LogP contribution in [0.3, 0.4) is 0 Å². The summed E-state index contributed by atoms with van der Waals surface area (Å²) in [6.45, 7) is 6.34. The van der Waals surface area contributed by atoms with Gasteiger partial charge in [-0.1, -0.05) is 6.42 Å². The molecule has 1 heterocycles. The van der Waals surface area contributed by atoms with Crippen LogP contribution in [0.1, 0.15) is 39.0 Å². The molecule has 0 bridgehead atoms. The van der Waals surface area contributed by atoms with Crippen molar-refractivity contribution in [3.8, 4) is 0 Å². The van der Waals surface area contributed by atoms with Gasteiger partial charge in [0.15, 0.2) is 0 Å². The summed E-state index contributed by atoms with van der Waals surface area (Å²) in [7, 11) is 0. The van der Waals surface area contributed by atoms with Gasteiger partial charge in [0, 0.05) is 25.6 Å². The van der Waals surface area contributed by atoms with E-state index in [0.29, 0.717) is 31.6 Å². The van der Waals surface area contributed by atoms with Gasteiger partial charge < -0.3 is 20.1 Å². The van der Waals surface area contributed by atoms with Gasteiger partial charge in [-0.15, -0.1) is 0 Å². The smallest absolute Gasteiger partial charge is 0.226 e. The van der Waals surface area contributed by atoms with Crippen molar-refractivity contribution in [1.82, 2.24) is 4.90 Å². The number of carbonyl (C=O) groups excluding carboxylic acids is 1. The van der Waals surface area contributed by atoms with Crippen molar-refractivity contribution in [2.75, 3.05) is 39.5 Å². The van der Waals surface area contributed by atoms with Gasteiger partial charge in [0.2, 0.25) is 5.91 Å². The standard InChI is InChI=1S/C16H30N2O3/c1-2-20-10-11-21-14-6-8-18(9-7-14)16(19)15-5-3-4-13(15)12-17/h13-15H,2-12,17H2,1H3. The summed E-state index contributed by atoms with van der Waals surface area (Å²) in [5.41, 5.74) is 5.79. The van der Waals surface area contributed by atoms with E-state index in [4.69, 9.17) is 15.2 Å². The molecule has 2 N–H and O–H groups in total. The predicted octanol–water partition coefficient (Wildman–Crippen LogP) is 1.41. The Bertz CT molecular complexity index is 317. The monoisotopic (exact) mass is 298 g/mol. The van der Waals surface area contributed by atoms with Gasteiger partial charge in [0.05, 0.1) is 19.3 Å². The molecule has 0 radical (unpaired) electrons. The van der Waals surface area contributed by atoms with E-state index in [1.807, 2.05) is 11.8 Å². The maximum Gasteiger partial charge on any atom is 0.226 e. The van der Waals surface area contributed by atoms with Crippen LogP contribution in [0.2, 0.25) is 0 Å². The lowest BCUT2D eigenvalue weighted by Gasteiger charge is -2.34. The number of ether oxygens (including phenoxy) is 2. The number of piperidine rings is 1. The first-order valence-corrected chi connectivity index (χ1v) is 8.44. The second kappa shape index (κ2) is 8.71. The van der Waals surface area contributed by atoms with Crippen LogP contribution < -0.4 is 5.73 Å². The largest absolute Gasteiger partial charge is 0.379 e. The summed E-state index contributed by atoms with van der Waals surface area (Å²) in [4.78, 5) is 14.6. The fraction of sp³-hybridized carbons (Fsp3) is 0.938. The number of nitrogens with two attached hydrogens (primary N) is 1. The minimum atomic E-state index is 0.172. The van der Waals surface area contributed by atoms with E-state index in [2.05, 4.69) is 0 Å². The highest BCUT2D eigenvalue weighted by molar-refractivity contribution is 5.79. The minimum Gasteiger partial charge on any atom is -0.379 e. The van der Waals surface area contributed by atoms with Crippen molar-refractivity contribution in [2.45, 2.75) is 45.1 Å². The van der Waals surface area contributed by atoms with Crippen LogP contribution in [0.25, 0.3) is 0 Å². The van der Waals surface area contributed by atoms with Crippen molar-refractivity contribution in [2.24, 2.45) is 17.6 Å². The van der Waals surface area contributed by atoms with Crippen LogP contribution in [0.5, 0.6) is 0 Å². The second-order valence-electron chi connectivity index (χ2n) is 6.13. The van der Waals surface area contributed by atoms with Gasteiger partial charge in [-0.2, -0.15) is 0 Å². The molecule has 2 aliphatic rings. The molecule has 0 spiro atoms. The molecule has 0 aromatic rings. The van der Waals surface area contributed by atoms with E-state index in [0.717, 1.165) is 51.8 Å².